The molecule has 1 aliphatic rings. The fourth-order valence-electron chi connectivity index (χ4n) is 2.28. The predicted octanol–water partition coefficient (Wildman–Crippen LogP) is 1.67. The smallest absolute Gasteiger partial charge is 0.328 e. The van der Waals surface area contributed by atoms with Crippen molar-refractivity contribution in [3.63, 3.8) is 0 Å². The van der Waals surface area contributed by atoms with Crippen molar-refractivity contribution in [2.45, 2.75) is 6.42 Å². The number of anilines is 1. The van der Waals surface area contributed by atoms with Gasteiger partial charge in [0.2, 0.25) is 5.91 Å². The van der Waals surface area contributed by atoms with E-state index in [-0.39, 0.29) is 11.8 Å². The molecule has 2 rings (SSSR count). The van der Waals surface area contributed by atoms with Crippen molar-refractivity contribution in [2.75, 3.05) is 25.5 Å². The van der Waals surface area contributed by atoms with E-state index in [0.717, 1.165) is 31.1 Å². The number of rotatable bonds is 4. The molecule has 0 aromatic heterocycles. The number of carboxylic acid groups (broad SMARTS) is 1. The fourth-order valence-corrected chi connectivity index (χ4v) is 2.28. The van der Waals surface area contributed by atoms with Gasteiger partial charge < -0.3 is 15.3 Å². The first-order valence-electron chi connectivity index (χ1n) is 6.55. The summed E-state index contributed by atoms with van der Waals surface area (Å²) in [5.74, 6) is -0.944. The van der Waals surface area contributed by atoms with Gasteiger partial charge in [-0.2, -0.15) is 0 Å². The molecule has 0 spiro atoms. The number of aliphatic carboxylic acids is 1. The quantitative estimate of drug-likeness (QED) is 0.819. The van der Waals surface area contributed by atoms with Crippen molar-refractivity contribution in [3.05, 3.63) is 35.9 Å². The molecule has 1 aromatic rings. The van der Waals surface area contributed by atoms with Crippen LogP contribution in [0.2, 0.25) is 0 Å². The molecular weight excluding hydrogens is 256 g/mol. The fraction of sp³-hybridized carbons (Fsp3) is 0.333. The third kappa shape index (κ3) is 3.93. The number of benzene rings is 1. The molecule has 106 valence electrons. The van der Waals surface area contributed by atoms with Gasteiger partial charge in [-0.1, -0.05) is 12.1 Å². The molecule has 0 saturated carbocycles. The maximum atomic E-state index is 12.1. The van der Waals surface area contributed by atoms with Crippen LogP contribution < -0.4 is 5.32 Å². The van der Waals surface area contributed by atoms with E-state index in [0.29, 0.717) is 5.69 Å². The standard InChI is InChI=1S/C15H18N2O3/c1-17-8-7-12(10-17)15(20)16-13-4-2-3-11(9-13)5-6-14(18)19/h2-6,9,12H,7-8,10H2,1H3,(H,16,20)(H,18,19)/b6-5+. The molecule has 1 aromatic carbocycles. The highest BCUT2D eigenvalue weighted by Crippen LogP contribution is 2.18. The average Bonchev–Trinajstić information content (AvgIpc) is 2.84. The van der Waals surface area contributed by atoms with Crippen LogP contribution in [0.4, 0.5) is 5.69 Å². The molecule has 1 heterocycles. The lowest BCUT2D eigenvalue weighted by Crippen LogP contribution is -2.25. The van der Waals surface area contributed by atoms with Crippen molar-refractivity contribution in [1.82, 2.24) is 4.90 Å². The van der Waals surface area contributed by atoms with Crippen LogP contribution in [0, 0.1) is 5.92 Å². The van der Waals surface area contributed by atoms with E-state index < -0.39 is 5.97 Å². The molecule has 1 saturated heterocycles. The molecule has 0 bridgehead atoms. The van der Waals surface area contributed by atoms with E-state index >= 15 is 0 Å². The number of nitrogens with one attached hydrogen (secondary N) is 1. The number of carbonyl (C=O) groups excluding carboxylic acids is 1. The Labute approximate surface area is 117 Å². The van der Waals surface area contributed by atoms with Crippen molar-refractivity contribution in [3.8, 4) is 0 Å². The van der Waals surface area contributed by atoms with Gasteiger partial charge in [-0.3, -0.25) is 4.79 Å². The molecule has 5 heteroatoms. The van der Waals surface area contributed by atoms with E-state index in [4.69, 9.17) is 5.11 Å². The third-order valence-electron chi connectivity index (χ3n) is 3.33. The molecule has 5 nitrogen and oxygen atoms in total. The zero-order valence-electron chi connectivity index (χ0n) is 11.4. The number of carboxylic acids is 1. The lowest BCUT2D eigenvalue weighted by atomic mass is 10.1. The van der Waals surface area contributed by atoms with Gasteiger partial charge in [-0.05, 0) is 43.8 Å². The summed E-state index contributed by atoms with van der Waals surface area (Å²) in [6.07, 6.45) is 3.45. The minimum Gasteiger partial charge on any atom is -0.478 e. The van der Waals surface area contributed by atoms with Gasteiger partial charge in [0.05, 0.1) is 5.92 Å². The lowest BCUT2D eigenvalue weighted by Gasteiger charge is -2.11. The van der Waals surface area contributed by atoms with Crippen LogP contribution in [0.25, 0.3) is 6.08 Å². The van der Waals surface area contributed by atoms with Crippen LogP contribution in [-0.4, -0.2) is 42.0 Å². The highest BCUT2D eigenvalue weighted by molar-refractivity contribution is 5.93. The van der Waals surface area contributed by atoms with E-state index in [1.807, 2.05) is 7.05 Å². The second-order valence-corrected chi connectivity index (χ2v) is 5.03. The first-order chi connectivity index (χ1) is 9.54. The highest BCUT2D eigenvalue weighted by atomic mass is 16.4. The normalized spacial score (nSPS) is 19.4. The van der Waals surface area contributed by atoms with Crippen LogP contribution in [0.5, 0.6) is 0 Å². The maximum Gasteiger partial charge on any atom is 0.328 e. The summed E-state index contributed by atoms with van der Waals surface area (Å²) < 4.78 is 0. The molecule has 0 radical (unpaired) electrons. The Kier molecular flexibility index (Phi) is 4.53. The SMILES string of the molecule is CN1CCC(C(=O)Nc2cccc(/C=C/C(=O)O)c2)C1. The minimum atomic E-state index is -0.992. The molecule has 0 aliphatic carbocycles. The van der Waals surface area contributed by atoms with Crippen LogP contribution in [0.1, 0.15) is 12.0 Å². The van der Waals surface area contributed by atoms with Gasteiger partial charge in [0.25, 0.3) is 0 Å². The monoisotopic (exact) mass is 274 g/mol. The second kappa shape index (κ2) is 6.34. The topological polar surface area (TPSA) is 69.6 Å². The summed E-state index contributed by atoms with van der Waals surface area (Å²) >= 11 is 0. The first-order valence-corrected chi connectivity index (χ1v) is 6.55. The molecule has 1 amide bonds. The van der Waals surface area contributed by atoms with Crippen LogP contribution >= 0.6 is 0 Å². The molecule has 1 unspecified atom stereocenters. The summed E-state index contributed by atoms with van der Waals surface area (Å²) in [6.45, 7) is 1.73. The lowest BCUT2D eigenvalue weighted by molar-refractivity contribution is -0.131. The van der Waals surface area contributed by atoms with Crippen LogP contribution in [0.3, 0.4) is 0 Å². The second-order valence-electron chi connectivity index (χ2n) is 5.03. The zero-order chi connectivity index (χ0) is 14.5. The van der Waals surface area contributed by atoms with Crippen LogP contribution in [0.15, 0.2) is 30.3 Å². The number of likely N-dealkylation sites (tertiary alicyclic amines) is 1. The molecule has 2 N–H and O–H groups in total. The van der Waals surface area contributed by atoms with E-state index in [1.54, 1.807) is 24.3 Å². The van der Waals surface area contributed by atoms with Crippen molar-refractivity contribution in [1.29, 1.82) is 0 Å². The van der Waals surface area contributed by atoms with Gasteiger partial charge in [-0.15, -0.1) is 0 Å². The predicted molar refractivity (Wildman–Crippen MR) is 77.3 cm³/mol. The Morgan fingerprint density at radius 2 is 2.25 bits per heavy atom. The van der Waals surface area contributed by atoms with Gasteiger partial charge in [0.15, 0.2) is 0 Å². The zero-order valence-corrected chi connectivity index (χ0v) is 11.4. The Hall–Kier alpha value is -2.14. The maximum absolute atomic E-state index is 12.1. The number of hydrogen-bond donors (Lipinski definition) is 2. The van der Waals surface area contributed by atoms with E-state index in [1.165, 1.54) is 6.08 Å². The van der Waals surface area contributed by atoms with Gasteiger partial charge in [0.1, 0.15) is 0 Å². The van der Waals surface area contributed by atoms with Gasteiger partial charge in [0, 0.05) is 18.3 Å². The summed E-state index contributed by atoms with van der Waals surface area (Å²) in [5, 5.41) is 11.5. The van der Waals surface area contributed by atoms with E-state index in [2.05, 4.69) is 10.2 Å². The number of carbonyl (C=O) groups is 2. The van der Waals surface area contributed by atoms with E-state index in [9.17, 15) is 9.59 Å². The van der Waals surface area contributed by atoms with Crippen molar-refractivity contribution >= 4 is 23.6 Å². The number of nitrogens with zero attached hydrogens (tertiary/aromatic N) is 1. The first kappa shape index (κ1) is 14.3. The summed E-state index contributed by atoms with van der Waals surface area (Å²) in [7, 11) is 2.00. The number of hydrogen-bond acceptors (Lipinski definition) is 3. The van der Waals surface area contributed by atoms with Gasteiger partial charge >= 0.3 is 5.97 Å². The average molecular weight is 274 g/mol. The highest BCUT2D eigenvalue weighted by Gasteiger charge is 2.25. The Bertz CT molecular complexity index is 540. The summed E-state index contributed by atoms with van der Waals surface area (Å²) in [5.41, 5.74) is 1.44. The van der Waals surface area contributed by atoms with Crippen LogP contribution in [-0.2, 0) is 9.59 Å². The number of amides is 1. The summed E-state index contributed by atoms with van der Waals surface area (Å²) in [6, 6.07) is 7.14. The summed E-state index contributed by atoms with van der Waals surface area (Å²) in [4.78, 5) is 24.7. The Morgan fingerprint density at radius 1 is 1.45 bits per heavy atom. The molecule has 1 atom stereocenters. The largest absolute Gasteiger partial charge is 0.478 e. The third-order valence-corrected chi connectivity index (χ3v) is 3.33. The Balaban J connectivity index is 2.00. The molecule has 1 aliphatic heterocycles. The minimum absolute atomic E-state index is 0.0220. The van der Waals surface area contributed by atoms with Gasteiger partial charge in [-0.25, -0.2) is 4.79 Å². The molecule has 1 fully saturated rings. The van der Waals surface area contributed by atoms with Crippen molar-refractivity contribution < 1.29 is 14.7 Å². The Morgan fingerprint density at radius 3 is 2.90 bits per heavy atom. The molecular formula is C15H18N2O3. The van der Waals surface area contributed by atoms with Crippen molar-refractivity contribution in [2.24, 2.45) is 5.92 Å². The molecule has 20 heavy (non-hydrogen) atoms.